The summed E-state index contributed by atoms with van der Waals surface area (Å²) < 4.78 is 3.78. The largest absolute Gasteiger partial charge is 0.332 e. The van der Waals surface area contributed by atoms with Gasteiger partial charge < -0.3 is 15.2 Å². The molecule has 1 aromatic carbocycles. The van der Waals surface area contributed by atoms with Crippen molar-refractivity contribution < 1.29 is 4.79 Å². The minimum Gasteiger partial charge on any atom is -0.329 e. The second-order valence-corrected chi connectivity index (χ2v) is 6.93. The van der Waals surface area contributed by atoms with Gasteiger partial charge in [-0.2, -0.15) is 0 Å². The number of amides is 1. The van der Waals surface area contributed by atoms with E-state index in [9.17, 15) is 14.4 Å². The monoisotopic (exact) mass is 384 g/mol. The predicted molar refractivity (Wildman–Crippen MR) is 108 cm³/mol. The van der Waals surface area contributed by atoms with Gasteiger partial charge in [-0.25, -0.2) is 9.78 Å². The molecule has 2 aromatic heterocycles. The van der Waals surface area contributed by atoms with Gasteiger partial charge in [-0.15, -0.1) is 0 Å². The van der Waals surface area contributed by atoms with Crippen LogP contribution in [0.2, 0.25) is 0 Å². The predicted octanol–water partition coefficient (Wildman–Crippen LogP) is 0.0424. The van der Waals surface area contributed by atoms with Crippen molar-refractivity contribution in [3.8, 4) is 0 Å². The van der Waals surface area contributed by atoms with Crippen LogP contribution >= 0.6 is 0 Å². The van der Waals surface area contributed by atoms with Crippen molar-refractivity contribution in [1.29, 1.82) is 0 Å². The normalized spacial score (nSPS) is 11.2. The second-order valence-electron chi connectivity index (χ2n) is 6.93. The number of nitrogens with zero attached hydrogens (tertiary/aromatic N) is 5. The highest BCUT2D eigenvalue weighted by Crippen LogP contribution is 2.19. The summed E-state index contributed by atoms with van der Waals surface area (Å²) in [5.74, 6) is -0.217. The number of fused-ring (bicyclic) bond motifs is 1. The van der Waals surface area contributed by atoms with Gasteiger partial charge in [-0.3, -0.25) is 18.7 Å². The Bertz CT molecular complexity index is 1150. The molecule has 3 rings (SSSR count). The highest BCUT2D eigenvalue weighted by atomic mass is 16.2. The van der Waals surface area contributed by atoms with Crippen LogP contribution in [-0.4, -0.2) is 37.7 Å². The van der Waals surface area contributed by atoms with Crippen molar-refractivity contribution in [2.75, 3.05) is 18.0 Å². The Morgan fingerprint density at radius 1 is 1.11 bits per heavy atom. The lowest BCUT2D eigenvalue weighted by Gasteiger charge is -2.23. The summed E-state index contributed by atoms with van der Waals surface area (Å²) in [7, 11) is 2.94. The third kappa shape index (κ3) is 3.36. The molecule has 0 fully saturated rings. The molecule has 2 heterocycles. The average molecular weight is 384 g/mol. The Morgan fingerprint density at radius 3 is 2.36 bits per heavy atom. The molecule has 0 aliphatic rings. The molecule has 0 unspecified atom stereocenters. The molecular formula is C19H24N6O3. The standard InChI is InChI=1S/C19H24N6O3/c1-12-7-13(2)9-14(8-12)25(6-5-20)15(26)10-24-11-21-17-16(24)18(27)23(4)19(28)22(17)3/h7-9,11H,5-6,10,20H2,1-4H3. The maximum Gasteiger partial charge on any atom is 0.332 e. The van der Waals surface area contributed by atoms with Crippen LogP contribution in [-0.2, 0) is 25.4 Å². The van der Waals surface area contributed by atoms with Crippen LogP contribution in [0.4, 0.5) is 5.69 Å². The molecule has 0 aliphatic carbocycles. The molecule has 0 bridgehead atoms. The van der Waals surface area contributed by atoms with Gasteiger partial charge in [0.1, 0.15) is 6.54 Å². The van der Waals surface area contributed by atoms with Gasteiger partial charge >= 0.3 is 5.69 Å². The summed E-state index contributed by atoms with van der Waals surface area (Å²) in [5.41, 5.74) is 8.08. The molecule has 28 heavy (non-hydrogen) atoms. The Balaban J connectivity index is 2.03. The number of anilines is 1. The van der Waals surface area contributed by atoms with E-state index >= 15 is 0 Å². The number of hydrogen-bond donors (Lipinski definition) is 1. The van der Waals surface area contributed by atoms with E-state index in [4.69, 9.17) is 5.73 Å². The number of nitrogens with two attached hydrogens (primary N) is 1. The van der Waals surface area contributed by atoms with Gasteiger partial charge in [-0.05, 0) is 37.1 Å². The van der Waals surface area contributed by atoms with Crippen molar-refractivity contribution >= 4 is 22.8 Å². The summed E-state index contributed by atoms with van der Waals surface area (Å²) in [4.78, 5) is 43.5. The second kappa shape index (κ2) is 7.43. The van der Waals surface area contributed by atoms with Gasteiger partial charge in [0.25, 0.3) is 5.56 Å². The van der Waals surface area contributed by atoms with E-state index in [2.05, 4.69) is 4.98 Å². The molecular weight excluding hydrogens is 360 g/mol. The zero-order valence-corrected chi connectivity index (χ0v) is 16.5. The average Bonchev–Trinajstić information content (AvgIpc) is 3.05. The lowest BCUT2D eigenvalue weighted by Crippen LogP contribution is -2.39. The van der Waals surface area contributed by atoms with Crippen LogP contribution in [0.25, 0.3) is 11.2 Å². The Labute approximate surface area is 161 Å². The number of carbonyl (C=O) groups excluding carboxylic acids is 1. The topological polar surface area (TPSA) is 108 Å². The van der Waals surface area contributed by atoms with Gasteiger partial charge in [0, 0.05) is 32.9 Å². The zero-order chi connectivity index (χ0) is 20.6. The van der Waals surface area contributed by atoms with Crippen molar-refractivity contribution in [3.05, 3.63) is 56.5 Å². The molecule has 9 heteroatoms. The number of benzene rings is 1. The molecule has 3 aromatic rings. The van der Waals surface area contributed by atoms with Crippen LogP contribution in [0, 0.1) is 13.8 Å². The van der Waals surface area contributed by atoms with Gasteiger partial charge in [0.15, 0.2) is 11.2 Å². The van der Waals surface area contributed by atoms with Crippen LogP contribution in [0.3, 0.4) is 0 Å². The fraction of sp³-hybridized carbons (Fsp3) is 0.368. The van der Waals surface area contributed by atoms with Crippen molar-refractivity contribution in [2.24, 2.45) is 19.8 Å². The highest BCUT2D eigenvalue weighted by Gasteiger charge is 2.20. The fourth-order valence-corrected chi connectivity index (χ4v) is 3.38. The quantitative estimate of drug-likeness (QED) is 0.668. The van der Waals surface area contributed by atoms with E-state index in [1.807, 2.05) is 32.0 Å². The van der Waals surface area contributed by atoms with E-state index in [-0.39, 0.29) is 23.6 Å². The smallest absolute Gasteiger partial charge is 0.329 e. The Kier molecular flexibility index (Phi) is 5.19. The summed E-state index contributed by atoms with van der Waals surface area (Å²) in [6.45, 7) is 4.51. The first-order chi connectivity index (χ1) is 13.2. The van der Waals surface area contributed by atoms with Crippen LogP contribution < -0.4 is 21.9 Å². The van der Waals surface area contributed by atoms with Crippen molar-refractivity contribution in [3.63, 3.8) is 0 Å². The van der Waals surface area contributed by atoms with Crippen molar-refractivity contribution in [1.82, 2.24) is 18.7 Å². The number of hydrogen-bond acceptors (Lipinski definition) is 5. The van der Waals surface area contributed by atoms with E-state index in [0.717, 1.165) is 21.4 Å². The lowest BCUT2D eigenvalue weighted by molar-refractivity contribution is -0.119. The number of aromatic nitrogens is 4. The first-order valence-corrected chi connectivity index (χ1v) is 8.94. The van der Waals surface area contributed by atoms with Crippen LogP contribution in [0.5, 0.6) is 0 Å². The molecule has 0 spiro atoms. The van der Waals surface area contributed by atoms with Gasteiger partial charge in [-0.1, -0.05) is 6.07 Å². The summed E-state index contributed by atoms with van der Waals surface area (Å²) in [5, 5.41) is 0. The molecule has 0 saturated heterocycles. The SMILES string of the molecule is Cc1cc(C)cc(N(CCN)C(=O)Cn2cnc3c2c(=O)n(C)c(=O)n3C)c1. The maximum absolute atomic E-state index is 13.1. The highest BCUT2D eigenvalue weighted by molar-refractivity contribution is 5.94. The van der Waals surface area contributed by atoms with Crippen LogP contribution in [0.15, 0.2) is 34.1 Å². The molecule has 9 nitrogen and oxygen atoms in total. The first-order valence-electron chi connectivity index (χ1n) is 8.94. The Morgan fingerprint density at radius 2 is 1.75 bits per heavy atom. The minimum absolute atomic E-state index is 0.0864. The lowest BCUT2D eigenvalue weighted by atomic mass is 10.1. The van der Waals surface area contributed by atoms with Crippen molar-refractivity contribution in [2.45, 2.75) is 20.4 Å². The van der Waals surface area contributed by atoms with E-state index < -0.39 is 11.2 Å². The summed E-state index contributed by atoms with van der Waals surface area (Å²) >= 11 is 0. The molecule has 0 radical (unpaired) electrons. The molecule has 1 amide bonds. The van der Waals surface area contributed by atoms with Gasteiger partial charge in [0.2, 0.25) is 5.91 Å². The molecule has 148 valence electrons. The summed E-state index contributed by atoms with van der Waals surface area (Å²) in [6.07, 6.45) is 1.41. The van der Waals surface area contributed by atoms with Gasteiger partial charge in [0.05, 0.1) is 6.33 Å². The number of carbonyl (C=O) groups is 1. The first kappa shape index (κ1) is 19.6. The number of imidazole rings is 1. The summed E-state index contributed by atoms with van der Waals surface area (Å²) in [6, 6.07) is 5.88. The molecule has 0 atom stereocenters. The Hall–Kier alpha value is -3.20. The maximum atomic E-state index is 13.1. The van der Waals surface area contributed by atoms with E-state index in [1.165, 1.54) is 22.5 Å². The number of rotatable bonds is 5. The molecule has 2 N–H and O–H groups in total. The zero-order valence-electron chi connectivity index (χ0n) is 16.5. The molecule has 0 aliphatic heterocycles. The minimum atomic E-state index is -0.486. The van der Waals surface area contributed by atoms with E-state index in [1.54, 1.807) is 11.9 Å². The molecule has 0 saturated carbocycles. The fourth-order valence-electron chi connectivity index (χ4n) is 3.38. The van der Waals surface area contributed by atoms with Crippen LogP contribution in [0.1, 0.15) is 11.1 Å². The number of aryl methyl sites for hydroxylation is 3. The third-order valence-corrected chi connectivity index (χ3v) is 4.69. The van der Waals surface area contributed by atoms with E-state index in [0.29, 0.717) is 13.1 Å². The third-order valence-electron chi connectivity index (χ3n) is 4.69.